The van der Waals surface area contributed by atoms with Crippen molar-refractivity contribution in [2.24, 2.45) is 0 Å². The number of carbonyl (C=O) groups is 1. The number of hydrogen-bond acceptors (Lipinski definition) is 2. The maximum atomic E-state index is 13.4. The molecule has 2 aromatic carbocycles. The maximum absolute atomic E-state index is 13.4. The molecule has 7 heteroatoms. The average Bonchev–Trinajstić information content (AvgIpc) is 2.51. The van der Waals surface area contributed by atoms with Crippen molar-refractivity contribution in [1.82, 2.24) is 4.90 Å². The molecule has 0 heterocycles. The maximum Gasteiger partial charge on any atom is 0.321 e. The summed E-state index contributed by atoms with van der Waals surface area (Å²) in [5.41, 5.74) is 0.457. The normalized spacial score (nSPS) is 10.3. The standard InChI is InChI=1S/C16H15BrF2N2O2/c1-21(8-9-23-15-5-3-2-4-13(15)19)16(22)20-14-7-6-11(18)10-12(14)17/h2-7,10H,8-9H2,1H3,(H,20,22). The van der Waals surface area contributed by atoms with Crippen LogP contribution in [0.4, 0.5) is 19.3 Å². The van der Waals surface area contributed by atoms with Crippen LogP contribution >= 0.6 is 15.9 Å². The molecule has 0 saturated heterocycles. The molecule has 0 aliphatic carbocycles. The Morgan fingerprint density at radius 1 is 1.26 bits per heavy atom. The largest absolute Gasteiger partial charge is 0.489 e. The Morgan fingerprint density at radius 2 is 2.00 bits per heavy atom. The van der Waals surface area contributed by atoms with Gasteiger partial charge in [-0.25, -0.2) is 13.6 Å². The van der Waals surface area contributed by atoms with Crippen LogP contribution in [0.3, 0.4) is 0 Å². The monoisotopic (exact) mass is 384 g/mol. The fraction of sp³-hybridized carbons (Fsp3) is 0.188. The molecule has 0 aliphatic rings. The van der Waals surface area contributed by atoms with E-state index >= 15 is 0 Å². The Labute approximate surface area is 141 Å². The van der Waals surface area contributed by atoms with E-state index in [9.17, 15) is 13.6 Å². The van der Waals surface area contributed by atoms with E-state index in [4.69, 9.17) is 4.74 Å². The summed E-state index contributed by atoms with van der Waals surface area (Å²) in [7, 11) is 1.58. The summed E-state index contributed by atoms with van der Waals surface area (Å²) in [6.07, 6.45) is 0. The van der Waals surface area contributed by atoms with Crippen LogP contribution in [0.5, 0.6) is 5.75 Å². The highest BCUT2D eigenvalue weighted by molar-refractivity contribution is 9.10. The molecule has 0 bridgehead atoms. The minimum Gasteiger partial charge on any atom is -0.489 e. The Balaban J connectivity index is 1.84. The van der Waals surface area contributed by atoms with Gasteiger partial charge in [-0.3, -0.25) is 0 Å². The van der Waals surface area contributed by atoms with Crippen molar-refractivity contribution in [1.29, 1.82) is 0 Å². The van der Waals surface area contributed by atoms with Crippen molar-refractivity contribution < 1.29 is 18.3 Å². The van der Waals surface area contributed by atoms with Gasteiger partial charge in [-0.05, 0) is 46.3 Å². The smallest absolute Gasteiger partial charge is 0.321 e. The fourth-order valence-corrected chi connectivity index (χ4v) is 2.21. The lowest BCUT2D eigenvalue weighted by molar-refractivity contribution is 0.206. The van der Waals surface area contributed by atoms with Crippen LogP contribution in [0.2, 0.25) is 0 Å². The van der Waals surface area contributed by atoms with Crippen molar-refractivity contribution in [3.63, 3.8) is 0 Å². The van der Waals surface area contributed by atoms with Crippen LogP contribution in [0.1, 0.15) is 0 Å². The van der Waals surface area contributed by atoms with E-state index < -0.39 is 11.6 Å². The number of benzene rings is 2. The molecule has 0 aliphatic heterocycles. The lowest BCUT2D eigenvalue weighted by Gasteiger charge is -2.19. The summed E-state index contributed by atoms with van der Waals surface area (Å²) in [5, 5.41) is 2.64. The Morgan fingerprint density at radius 3 is 2.70 bits per heavy atom. The topological polar surface area (TPSA) is 41.6 Å². The number of ether oxygens (including phenoxy) is 1. The van der Waals surface area contributed by atoms with Gasteiger partial charge >= 0.3 is 6.03 Å². The number of urea groups is 1. The molecule has 2 amide bonds. The number of carbonyl (C=O) groups excluding carboxylic acids is 1. The van der Waals surface area contributed by atoms with E-state index in [1.807, 2.05) is 0 Å². The van der Waals surface area contributed by atoms with Gasteiger partial charge in [0.1, 0.15) is 12.4 Å². The summed E-state index contributed by atoms with van der Waals surface area (Å²) in [6, 6.07) is 9.65. The van der Waals surface area contributed by atoms with Gasteiger partial charge in [0.2, 0.25) is 0 Å². The van der Waals surface area contributed by atoms with Crippen LogP contribution in [0.15, 0.2) is 46.9 Å². The molecular formula is C16H15BrF2N2O2. The highest BCUT2D eigenvalue weighted by atomic mass is 79.9. The van der Waals surface area contributed by atoms with E-state index in [1.54, 1.807) is 19.2 Å². The minimum absolute atomic E-state index is 0.141. The van der Waals surface area contributed by atoms with Crippen molar-refractivity contribution in [2.75, 3.05) is 25.5 Å². The van der Waals surface area contributed by atoms with Crippen LogP contribution in [-0.4, -0.2) is 31.1 Å². The number of nitrogens with one attached hydrogen (secondary N) is 1. The first-order valence-corrected chi connectivity index (χ1v) is 7.61. The molecule has 4 nitrogen and oxygen atoms in total. The number of rotatable bonds is 5. The average molecular weight is 385 g/mol. The molecule has 2 rings (SSSR count). The quantitative estimate of drug-likeness (QED) is 0.835. The summed E-state index contributed by atoms with van der Waals surface area (Å²) >= 11 is 3.18. The molecule has 0 saturated carbocycles. The number of halogens is 3. The second-order valence-electron chi connectivity index (χ2n) is 4.75. The third-order valence-corrected chi connectivity index (χ3v) is 3.70. The molecule has 0 aromatic heterocycles. The number of nitrogens with zero attached hydrogens (tertiary/aromatic N) is 1. The highest BCUT2D eigenvalue weighted by Crippen LogP contribution is 2.23. The minimum atomic E-state index is -0.449. The second kappa shape index (κ2) is 7.92. The fourth-order valence-electron chi connectivity index (χ4n) is 1.76. The third kappa shape index (κ3) is 4.92. The number of hydrogen-bond donors (Lipinski definition) is 1. The lowest BCUT2D eigenvalue weighted by atomic mass is 10.3. The molecule has 1 N–H and O–H groups in total. The molecule has 0 spiro atoms. The molecule has 0 radical (unpaired) electrons. The van der Waals surface area contributed by atoms with Gasteiger partial charge in [0.15, 0.2) is 11.6 Å². The van der Waals surface area contributed by atoms with E-state index in [0.717, 1.165) is 0 Å². The number of para-hydroxylation sites is 1. The molecule has 23 heavy (non-hydrogen) atoms. The zero-order valence-electron chi connectivity index (χ0n) is 12.4. The first-order valence-electron chi connectivity index (χ1n) is 6.82. The molecule has 0 atom stereocenters. The summed E-state index contributed by atoms with van der Waals surface area (Å²) in [4.78, 5) is 13.4. The number of likely N-dealkylation sites (N-methyl/N-ethyl adjacent to an activating group) is 1. The van der Waals surface area contributed by atoms with Crippen molar-refractivity contribution in [2.45, 2.75) is 0 Å². The van der Waals surface area contributed by atoms with Gasteiger partial charge in [-0.15, -0.1) is 0 Å². The van der Waals surface area contributed by atoms with Gasteiger partial charge < -0.3 is 15.0 Å². The van der Waals surface area contributed by atoms with Crippen molar-refractivity contribution >= 4 is 27.6 Å². The van der Waals surface area contributed by atoms with E-state index in [1.165, 1.54) is 35.2 Å². The number of anilines is 1. The molecule has 0 fully saturated rings. The van der Waals surface area contributed by atoms with Gasteiger partial charge in [0.05, 0.1) is 12.2 Å². The first kappa shape index (κ1) is 17.2. The van der Waals surface area contributed by atoms with Gasteiger partial charge in [0, 0.05) is 11.5 Å². The number of amides is 2. The predicted molar refractivity (Wildman–Crippen MR) is 87.6 cm³/mol. The molecular weight excluding hydrogens is 370 g/mol. The summed E-state index contributed by atoms with van der Waals surface area (Å²) in [5.74, 6) is -0.709. The zero-order chi connectivity index (χ0) is 16.8. The molecule has 2 aromatic rings. The van der Waals surface area contributed by atoms with E-state index in [0.29, 0.717) is 10.2 Å². The van der Waals surface area contributed by atoms with Gasteiger partial charge in [0.25, 0.3) is 0 Å². The van der Waals surface area contributed by atoms with Crippen molar-refractivity contribution in [3.05, 3.63) is 58.6 Å². The Hall–Kier alpha value is -2.15. The Kier molecular flexibility index (Phi) is 5.92. The zero-order valence-corrected chi connectivity index (χ0v) is 13.9. The predicted octanol–water partition coefficient (Wildman–Crippen LogP) is 4.27. The lowest BCUT2D eigenvalue weighted by Crippen LogP contribution is -2.34. The highest BCUT2D eigenvalue weighted by Gasteiger charge is 2.11. The van der Waals surface area contributed by atoms with E-state index in [2.05, 4.69) is 21.2 Å². The second-order valence-corrected chi connectivity index (χ2v) is 5.61. The molecule has 0 unspecified atom stereocenters. The van der Waals surface area contributed by atoms with Crippen molar-refractivity contribution in [3.8, 4) is 5.75 Å². The van der Waals surface area contributed by atoms with Crippen LogP contribution in [0, 0.1) is 11.6 Å². The molecule has 122 valence electrons. The van der Waals surface area contributed by atoms with Gasteiger partial charge in [-0.1, -0.05) is 12.1 Å². The summed E-state index contributed by atoms with van der Waals surface area (Å²) in [6.45, 7) is 0.411. The van der Waals surface area contributed by atoms with Crippen LogP contribution < -0.4 is 10.1 Å². The van der Waals surface area contributed by atoms with Crippen LogP contribution in [-0.2, 0) is 0 Å². The third-order valence-electron chi connectivity index (χ3n) is 3.04. The SMILES string of the molecule is CN(CCOc1ccccc1F)C(=O)Nc1ccc(F)cc1Br. The van der Waals surface area contributed by atoms with Gasteiger partial charge in [-0.2, -0.15) is 0 Å². The Bertz CT molecular complexity index is 698. The van der Waals surface area contributed by atoms with Crippen LogP contribution in [0.25, 0.3) is 0 Å². The first-order chi connectivity index (χ1) is 11.0. The van der Waals surface area contributed by atoms with E-state index in [-0.39, 0.29) is 24.9 Å². The summed E-state index contributed by atoms with van der Waals surface area (Å²) < 4.78 is 32.1.